The number of ether oxygens (including phenoxy) is 1. The lowest BCUT2D eigenvalue weighted by atomic mass is 9.62. The first-order valence-corrected chi connectivity index (χ1v) is 7.80. The van der Waals surface area contributed by atoms with Crippen molar-refractivity contribution in [1.29, 1.82) is 0 Å². The highest BCUT2D eigenvalue weighted by Crippen LogP contribution is 2.46. The standard InChI is InChI=1S/C16H31NO/c1-16(2,3)14-7-6-12(10-17)15(9-14)13-5-4-8-18-11-13/h12-15H,4-11,17H2,1-3H3. The van der Waals surface area contributed by atoms with Crippen LogP contribution in [-0.4, -0.2) is 19.8 Å². The SMILES string of the molecule is CC(C)(C)C1CCC(CN)C(C2CCCOC2)C1. The maximum absolute atomic E-state index is 6.01. The molecule has 1 heterocycles. The van der Waals surface area contributed by atoms with Gasteiger partial charge in [-0.25, -0.2) is 0 Å². The molecule has 0 aromatic heterocycles. The molecule has 0 bridgehead atoms. The molecule has 2 rings (SSSR count). The second kappa shape index (κ2) is 5.92. The Bertz CT molecular complexity index is 252. The molecule has 106 valence electrons. The predicted octanol–water partition coefficient (Wildman–Crippen LogP) is 3.45. The smallest absolute Gasteiger partial charge is 0.0497 e. The van der Waals surface area contributed by atoms with Crippen molar-refractivity contribution in [1.82, 2.24) is 0 Å². The Morgan fingerprint density at radius 2 is 1.94 bits per heavy atom. The van der Waals surface area contributed by atoms with Crippen molar-refractivity contribution in [2.45, 2.75) is 52.9 Å². The first kappa shape index (κ1) is 14.3. The van der Waals surface area contributed by atoms with E-state index in [1.807, 2.05) is 0 Å². The van der Waals surface area contributed by atoms with E-state index in [-0.39, 0.29) is 0 Å². The van der Waals surface area contributed by atoms with E-state index >= 15 is 0 Å². The molecule has 2 fully saturated rings. The van der Waals surface area contributed by atoms with Crippen LogP contribution >= 0.6 is 0 Å². The molecule has 2 nitrogen and oxygen atoms in total. The Hall–Kier alpha value is -0.0800. The second-order valence-electron chi connectivity index (χ2n) is 7.51. The van der Waals surface area contributed by atoms with Crippen molar-refractivity contribution >= 4 is 0 Å². The van der Waals surface area contributed by atoms with Crippen LogP contribution in [-0.2, 0) is 4.74 Å². The van der Waals surface area contributed by atoms with Gasteiger partial charge < -0.3 is 10.5 Å². The monoisotopic (exact) mass is 253 g/mol. The molecule has 0 radical (unpaired) electrons. The van der Waals surface area contributed by atoms with Gasteiger partial charge in [-0.05, 0) is 67.7 Å². The van der Waals surface area contributed by atoms with Crippen molar-refractivity contribution in [3.63, 3.8) is 0 Å². The lowest BCUT2D eigenvalue weighted by molar-refractivity contribution is -0.0135. The fourth-order valence-corrected chi connectivity index (χ4v) is 4.03. The van der Waals surface area contributed by atoms with Gasteiger partial charge in [0.25, 0.3) is 0 Å². The van der Waals surface area contributed by atoms with Crippen molar-refractivity contribution in [2.75, 3.05) is 19.8 Å². The normalized spacial score (nSPS) is 38.7. The molecule has 4 atom stereocenters. The van der Waals surface area contributed by atoms with Crippen molar-refractivity contribution in [3.8, 4) is 0 Å². The summed E-state index contributed by atoms with van der Waals surface area (Å²) in [6.45, 7) is 10.0. The fraction of sp³-hybridized carbons (Fsp3) is 1.00. The van der Waals surface area contributed by atoms with E-state index in [1.54, 1.807) is 0 Å². The van der Waals surface area contributed by atoms with Crippen LogP contribution in [0.25, 0.3) is 0 Å². The topological polar surface area (TPSA) is 35.2 Å². The number of nitrogens with two attached hydrogens (primary N) is 1. The van der Waals surface area contributed by atoms with E-state index in [4.69, 9.17) is 10.5 Å². The van der Waals surface area contributed by atoms with Gasteiger partial charge in [0, 0.05) is 13.2 Å². The van der Waals surface area contributed by atoms with Crippen molar-refractivity contribution < 1.29 is 4.74 Å². The second-order valence-corrected chi connectivity index (χ2v) is 7.51. The molecule has 2 aliphatic rings. The summed E-state index contributed by atoms with van der Waals surface area (Å²) in [7, 11) is 0. The molecule has 0 spiro atoms. The first-order valence-electron chi connectivity index (χ1n) is 7.80. The average Bonchev–Trinajstić information content (AvgIpc) is 2.38. The molecule has 4 unspecified atom stereocenters. The van der Waals surface area contributed by atoms with E-state index in [1.165, 1.54) is 32.1 Å². The van der Waals surface area contributed by atoms with Crippen molar-refractivity contribution in [3.05, 3.63) is 0 Å². The van der Waals surface area contributed by atoms with Gasteiger partial charge in [-0.2, -0.15) is 0 Å². The van der Waals surface area contributed by atoms with Crippen LogP contribution in [0.2, 0.25) is 0 Å². The molecule has 1 aliphatic heterocycles. The van der Waals surface area contributed by atoms with Crippen molar-refractivity contribution in [2.24, 2.45) is 34.8 Å². The lowest BCUT2D eigenvalue weighted by Crippen LogP contribution is -2.40. The van der Waals surface area contributed by atoms with Crippen LogP contribution in [0.3, 0.4) is 0 Å². The van der Waals surface area contributed by atoms with Gasteiger partial charge in [-0.3, -0.25) is 0 Å². The van der Waals surface area contributed by atoms with Gasteiger partial charge >= 0.3 is 0 Å². The number of hydrogen-bond acceptors (Lipinski definition) is 2. The molecule has 1 saturated carbocycles. The fourth-order valence-electron chi connectivity index (χ4n) is 4.03. The van der Waals surface area contributed by atoms with Crippen LogP contribution < -0.4 is 5.73 Å². The summed E-state index contributed by atoms with van der Waals surface area (Å²) in [4.78, 5) is 0. The summed E-state index contributed by atoms with van der Waals surface area (Å²) < 4.78 is 5.71. The summed E-state index contributed by atoms with van der Waals surface area (Å²) >= 11 is 0. The maximum atomic E-state index is 6.01. The Labute approximate surface area is 113 Å². The molecule has 0 aromatic carbocycles. The lowest BCUT2D eigenvalue weighted by Gasteiger charge is -2.45. The van der Waals surface area contributed by atoms with Crippen LogP contribution in [0.4, 0.5) is 0 Å². The molecule has 0 aromatic rings. The van der Waals surface area contributed by atoms with Gasteiger partial charge in [0.2, 0.25) is 0 Å². The molecule has 2 heteroatoms. The minimum absolute atomic E-state index is 0.452. The third kappa shape index (κ3) is 3.27. The third-order valence-electron chi connectivity index (χ3n) is 5.38. The zero-order valence-electron chi connectivity index (χ0n) is 12.5. The molecule has 18 heavy (non-hydrogen) atoms. The maximum Gasteiger partial charge on any atom is 0.0497 e. The largest absolute Gasteiger partial charge is 0.381 e. The zero-order valence-corrected chi connectivity index (χ0v) is 12.5. The molecule has 1 saturated heterocycles. The third-order valence-corrected chi connectivity index (χ3v) is 5.38. The molecule has 1 aliphatic carbocycles. The Morgan fingerprint density at radius 1 is 1.17 bits per heavy atom. The Balaban J connectivity index is 2.02. The minimum atomic E-state index is 0.452. The van der Waals surface area contributed by atoms with Gasteiger partial charge in [0.15, 0.2) is 0 Å². The quantitative estimate of drug-likeness (QED) is 0.818. The van der Waals surface area contributed by atoms with Gasteiger partial charge in [0.05, 0.1) is 0 Å². The molecular formula is C16H31NO. The summed E-state index contributed by atoms with van der Waals surface area (Å²) in [5.41, 5.74) is 6.47. The predicted molar refractivity (Wildman–Crippen MR) is 76.4 cm³/mol. The van der Waals surface area contributed by atoms with E-state index < -0.39 is 0 Å². The number of hydrogen-bond donors (Lipinski definition) is 1. The Kier molecular flexibility index (Phi) is 4.71. The minimum Gasteiger partial charge on any atom is -0.381 e. The number of rotatable bonds is 2. The van der Waals surface area contributed by atoms with Crippen LogP contribution in [0, 0.1) is 29.1 Å². The summed E-state index contributed by atoms with van der Waals surface area (Å²) in [6.07, 6.45) is 6.69. The average molecular weight is 253 g/mol. The van der Waals surface area contributed by atoms with Crippen LogP contribution in [0.15, 0.2) is 0 Å². The summed E-state index contributed by atoms with van der Waals surface area (Å²) in [5, 5.41) is 0. The molecular weight excluding hydrogens is 222 g/mol. The van der Waals surface area contributed by atoms with Crippen LogP contribution in [0.1, 0.15) is 52.9 Å². The summed E-state index contributed by atoms with van der Waals surface area (Å²) in [5.74, 6) is 3.20. The zero-order chi connectivity index (χ0) is 13.2. The highest BCUT2D eigenvalue weighted by Gasteiger charge is 2.39. The summed E-state index contributed by atoms with van der Waals surface area (Å²) in [6, 6.07) is 0. The van der Waals surface area contributed by atoms with Crippen LogP contribution in [0.5, 0.6) is 0 Å². The van der Waals surface area contributed by atoms with E-state index in [9.17, 15) is 0 Å². The highest BCUT2D eigenvalue weighted by atomic mass is 16.5. The van der Waals surface area contributed by atoms with Gasteiger partial charge in [0.1, 0.15) is 0 Å². The van der Waals surface area contributed by atoms with Gasteiger partial charge in [-0.1, -0.05) is 20.8 Å². The van der Waals surface area contributed by atoms with Gasteiger partial charge in [-0.15, -0.1) is 0 Å². The molecule has 0 amide bonds. The van der Waals surface area contributed by atoms with E-state index in [0.29, 0.717) is 5.41 Å². The first-order chi connectivity index (χ1) is 8.52. The van der Waals surface area contributed by atoms with E-state index in [0.717, 1.165) is 43.4 Å². The Morgan fingerprint density at radius 3 is 2.50 bits per heavy atom. The molecule has 2 N–H and O–H groups in total. The van der Waals surface area contributed by atoms with E-state index in [2.05, 4.69) is 20.8 Å². The highest BCUT2D eigenvalue weighted by molar-refractivity contribution is 4.89.